The van der Waals surface area contributed by atoms with Crippen LogP contribution in [0.15, 0.2) is 35.5 Å². The molecule has 1 aromatic heterocycles. The lowest BCUT2D eigenvalue weighted by Gasteiger charge is -2.14. The Bertz CT molecular complexity index is 543. The molecule has 0 saturated heterocycles. The molecule has 1 heterocycles. The topological polar surface area (TPSA) is 123 Å². The van der Waals surface area contributed by atoms with Crippen molar-refractivity contribution in [3.63, 3.8) is 0 Å². The molecule has 0 fully saturated rings. The van der Waals surface area contributed by atoms with Crippen molar-refractivity contribution in [2.75, 3.05) is 11.5 Å². The Morgan fingerprint density at radius 2 is 2.16 bits per heavy atom. The van der Waals surface area contributed by atoms with Crippen molar-refractivity contribution in [2.24, 2.45) is 5.84 Å². The van der Waals surface area contributed by atoms with E-state index in [1.54, 1.807) is 0 Å². The van der Waals surface area contributed by atoms with Crippen LogP contribution < -0.4 is 17.0 Å². The number of aromatic nitrogens is 3. The summed E-state index contributed by atoms with van der Waals surface area (Å²) in [5.41, 5.74) is 8.51. The summed E-state index contributed by atoms with van der Waals surface area (Å²) in [5, 5.41) is 6.95. The van der Waals surface area contributed by atoms with Crippen molar-refractivity contribution < 1.29 is 4.79 Å². The Balaban J connectivity index is 2.09. The smallest absolute Gasteiger partial charge is 0.242 e. The van der Waals surface area contributed by atoms with Crippen LogP contribution in [0.25, 0.3) is 0 Å². The van der Waals surface area contributed by atoms with Gasteiger partial charge in [0.25, 0.3) is 0 Å². The van der Waals surface area contributed by atoms with E-state index in [1.165, 1.54) is 11.8 Å². The standard InChI is InChI=1S/C11H14N6OS/c12-10-14-11(17-16-10)19-6-8(9(18)15-13)7-4-2-1-3-5-7/h1-5,8H,6,13H2,(H,15,18)(H3,12,14,16,17). The van der Waals surface area contributed by atoms with E-state index in [2.05, 4.69) is 20.6 Å². The van der Waals surface area contributed by atoms with Crippen LogP contribution >= 0.6 is 11.8 Å². The monoisotopic (exact) mass is 278 g/mol. The summed E-state index contributed by atoms with van der Waals surface area (Å²) < 4.78 is 0. The average molecular weight is 278 g/mol. The van der Waals surface area contributed by atoms with E-state index in [0.29, 0.717) is 10.9 Å². The molecule has 0 spiro atoms. The molecule has 2 aromatic rings. The highest BCUT2D eigenvalue weighted by molar-refractivity contribution is 7.99. The highest BCUT2D eigenvalue weighted by Gasteiger charge is 2.20. The van der Waals surface area contributed by atoms with Gasteiger partial charge in [-0.15, -0.1) is 5.10 Å². The zero-order chi connectivity index (χ0) is 13.7. The number of aromatic amines is 1. The third kappa shape index (κ3) is 3.46. The van der Waals surface area contributed by atoms with Crippen molar-refractivity contribution >= 4 is 23.6 Å². The molecule has 0 aliphatic heterocycles. The number of anilines is 1. The van der Waals surface area contributed by atoms with Crippen molar-refractivity contribution in [3.8, 4) is 0 Å². The molecule has 0 aliphatic carbocycles. The number of hydrazine groups is 1. The number of nitrogens with two attached hydrogens (primary N) is 2. The van der Waals surface area contributed by atoms with Crippen molar-refractivity contribution in [2.45, 2.75) is 11.1 Å². The van der Waals surface area contributed by atoms with Gasteiger partial charge in [0.2, 0.25) is 17.0 Å². The summed E-state index contributed by atoms with van der Waals surface area (Å²) in [4.78, 5) is 15.8. The number of nitrogens with one attached hydrogen (secondary N) is 2. The first-order chi connectivity index (χ1) is 9.20. The maximum Gasteiger partial charge on any atom is 0.242 e. The number of hydrogen-bond acceptors (Lipinski definition) is 6. The predicted octanol–water partition coefficient (Wildman–Crippen LogP) is 0.253. The Hall–Kier alpha value is -2.06. The molecule has 8 heteroatoms. The average Bonchev–Trinajstić information content (AvgIpc) is 2.85. The van der Waals surface area contributed by atoms with Gasteiger partial charge in [-0.25, -0.2) is 10.9 Å². The van der Waals surface area contributed by atoms with E-state index in [-0.39, 0.29) is 17.8 Å². The van der Waals surface area contributed by atoms with Crippen LogP contribution in [0.2, 0.25) is 0 Å². The first-order valence-corrected chi connectivity index (χ1v) is 6.55. The number of carbonyl (C=O) groups is 1. The molecule has 1 aromatic carbocycles. The van der Waals surface area contributed by atoms with E-state index in [9.17, 15) is 4.79 Å². The summed E-state index contributed by atoms with van der Waals surface area (Å²) in [7, 11) is 0. The number of carbonyl (C=O) groups excluding carboxylic acids is 1. The van der Waals surface area contributed by atoms with Crippen LogP contribution in [0.4, 0.5) is 5.95 Å². The number of benzene rings is 1. The van der Waals surface area contributed by atoms with E-state index in [0.717, 1.165) is 5.56 Å². The van der Waals surface area contributed by atoms with Crippen LogP contribution in [-0.4, -0.2) is 26.8 Å². The zero-order valence-corrected chi connectivity index (χ0v) is 10.9. The van der Waals surface area contributed by atoms with E-state index < -0.39 is 0 Å². The third-order valence-electron chi connectivity index (χ3n) is 2.52. The highest BCUT2D eigenvalue weighted by atomic mass is 32.2. The lowest BCUT2D eigenvalue weighted by Crippen LogP contribution is -2.35. The Morgan fingerprint density at radius 1 is 1.42 bits per heavy atom. The fourth-order valence-electron chi connectivity index (χ4n) is 1.59. The molecule has 1 atom stereocenters. The Kier molecular flexibility index (Phi) is 4.37. The summed E-state index contributed by atoms with van der Waals surface area (Å²) >= 11 is 1.34. The van der Waals surface area contributed by atoms with E-state index in [1.807, 2.05) is 30.3 Å². The summed E-state index contributed by atoms with van der Waals surface area (Å²) in [6, 6.07) is 9.41. The molecule has 100 valence electrons. The highest BCUT2D eigenvalue weighted by Crippen LogP contribution is 2.24. The van der Waals surface area contributed by atoms with Gasteiger partial charge in [0.15, 0.2) is 0 Å². The molecule has 19 heavy (non-hydrogen) atoms. The molecule has 6 N–H and O–H groups in total. The van der Waals surface area contributed by atoms with Crippen molar-refractivity contribution in [3.05, 3.63) is 35.9 Å². The Labute approximate surface area is 114 Å². The van der Waals surface area contributed by atoms with Crippen molar-refractivity contribution in [1.82, 2.24) is 20.6 Å². The number of rotatable bonds is 5. The van der Waals surface area contributed by atoms with Crippen LogP contribution in [0.1, 0.15) is 11.5 Å². The van der Waals surface area contributed by atoms with Gasteiger partial charge in [-0.2, -0.15) is 4.98 Å². The molecule has 1 amide bonds. The number of thioether (sulfide) groups is 1. The maximum absolute atomic E-state index is 11.8. The lowest BCUT2D eigenvalue weighted by molar-refractivity contribution is -0.122. The van der Waals surface area contributed by atoms with Gasteiger partial charge in [0.05, 0.1) is 5.92 Å². The number of H-pyrrole nitrogens is 1. The minimum absolute atomic E-state index is 0.248. The zero-order valence-electron chi connectivity index (χ0n) is 10.0. The first kappa shape index (κ1) is 13.4. The fraction of sp³-hybridized carbons (Fsp3) is 0.182. The quantitative estimate of drug-likeness (QED) is 0.269. The van der Waals surface area contributed by atoms with Crippen LogP contribution in [0.3, 0.4) is 0 Å². The number of hydrogen-bond donors (Lipinski definition) is 4. The second kappa shape index (κ2) is 6.21. The molecule has 2 rings (SSSR count). The second-order valence-corrected chi connectivity index (χ2v) is 4.77. The number of amides is 1. The van der Waals surface area contributed by atoms with Gasteiger partial charge in [-0.3, -0.25) is 10.2 Å². The summed E-state index contributed by atoms with van der Waals surface area (Å²) in [6.45, 7) is 0. The summed E-state index contributed by atoms with van der Waals surface area (Å²) in [5.74, 6) is 5.33. The fourth-order valence-corrected chi connectivity index (χ4v) is 2.52. The minimum Gasteiger partial charge on any atom is -0.368 e. The predicted molar refractivity (Wildman–Crippen MR) is 73.0 cm³/mol. The molecular weight excluding hydrogens is 264 g/mol. The van der Waals surface area contributed by atoms with E-state index in [4.69, 9.17) is 11.6 Å². The van der Waals surface area contributed by atoms with Gasteiger partial charge in [0, 0.05) is 5.75 Å². The van der Waals surface area contributed by atoms with Crippen molar-refractivity contribution in [1.29, 1.82) is 0 Å². The molecule has 1 unspecified atom stereocenters. The van der Waals surface area contributed by atoms with Gasteiger partial charge < -0.3 is 5.73 Å². The SMILES string of the molecule is NNC(=O)C(CSc1n[nH]c(N)n1)c1ccccc1. The molecule has 0 bridgehead atoms. The van der Waals surface area contributed by atoms with E-state index >= 15 is 0 Å². The lowest BCUT2D eigenvalue weighted by atomic mass is 10.0. The maximum atomic E-state index is 11.8. The molecule has 0 saturated carbocycles. The number of nitrogen functional groups attached to an aromatic ring is 1. The van der Waals surface area contributed by atoms with Crippen LogP contribution in [0.5, 0.6) is 0 Å². The Morgan fingerprint density at radius 3 is 2.74 bits per heavy atom. The van der Waals surface area contributed by atoms with Crippen LogP contribution in [-0.2, 0) is 4.79 Å². The summed E-state index contributed by atoms with van der Waals surface area (Å²) in [6.07, 6.45) is 0. The van der Waals surface area contributed by atoms with Crippen LogP contribution in [0, 0.1) is 0 Å². The first-order valence-electron chi connectivity index (χ1n) is 5.56. The third-order valence-corrected chi connectivity index (χ3v) is 3.46. The van der Waals surface area contributed by atoms with Gasteiger partial charge >= 0.3 is 0 Å². The molecule has 0 aliphatic rings. The van der Waals surface area contributed by atoms with Gasteiger partial charge in [0.1, 0.15) is 0 Å². The normalized spacial score (nSPS) is 12.1. The number of nitrogens with zero attached hydrogens (tertiary/aromatic N) is 2. The molecule has 0 radical (unpaired) electrons. The molecular formula is C11H14N6OS. The second-order valence-electron chi connectivity index (χ2n) is 3.79. The van der Waals surface area contributed by atoms with Gasteiger partial charge in [-0.1, -0.05) is 42.1 Å². The molecule has 7 nitrogen and oxygen atoms in total. The minimum atomic E-state index is -0.365. The largest absolute Gasteiger partial charge is 0.368 e. The van der Waals surface area contributed by atoms with Gasteiger partial charge in [-0.05, 0) is 5.56 Å².